The van der Waals surface area contributed by atoms with E-state index < -0.39 is 11.9 Å². The average Bonchev–Trinajstić information content (AvgIpc) is 1.61. The third-order valence-electron chi connectivity index (χ3n) is 0.355. The predicted octanol–water partition coefficient (Wildman–Crippen LogP) is -4.99. The molecule has 0 radical (unpaired) electrons. The topological polar surface area (TPSA) is 143 Å². The second kappa shape index (κ2) is 12.8. The smallest absolute Gasteiger partial charge is 0.545 e. The quantitative estimate of drug-likeness (QED) is 0.370. The molecule has 0 heterocycles. The summed E-state index contributed by atoms with van der Waals surface area (Å²) in [6, 6.07) is 0. The summed E-state index contributed by atoms with van der Waals surface area (Å²) in [5.74, 6) is -3.09. The molecule has 0 saturated carbocycles. The van der Waals surface area contributed by atoms with Crippen molar-refractivity contribution in [3.8, 4) is 0 Å². The Morgan fingerprint density at radius 1 is 0.909 bits per heavy atom. The number of rotatable bonds is 2. The third kappa shape index (κ3) is 25.4. The van der Waals surface area contributed by atoms with Crippen molar-refractivity contribution < 1.29 is 30.8 Å². The monoisotopic (exact) mass is 288 g/mol. The van der Waals surface area contributed by atoms with Crippen LogP contribution in [0.25, 0.3) is 0 Å². The minimum absolute atomic E-state index is 0. The molecule has 0 unspecified atom stereocenters. The first-order valence-electron chi connectivity index (χ1n) is 1.73. The van der Waals surface area contributed by atoms with Crippen LogP contribution in [0.3, 0.4) is 0 Å². The number of carboxylic acid groups (broad SMARTS) is 2. The van der Waals surface area contributed by atoms with Crippen LogP contribution in [0.5, 0.6) is 0 Å². The maximum Gasteiger partial charge on any atom is 2.00 e. The van der Waals surface area contributed by atoms with Crippen LogP contribution in [0.1, 0.15) is 0 Å². The van der Waals surface area contributed by atoms with E-state index in [9.17, 15) is 19.8 Å². The zero-order chi connectivity index (χ0) is 6.57. The van der Waals surface area contributed by atoms with Crippen molar-refractivity contribution in [3.63, 3.8) is 0 Å². The summed E-state index contributed by atoms with van der Waals surface area (Å²) in [6.07, 6.45) is 0.769. The molecule has 0 amide bonds. The molecule has 0 aromatic rings. The molecule has 0 aliphatic heterocycles. The summed E-state index contributed by atoms with van der Waals surface area (Å²) in [6.45, 7) is 0. The van der Waals surface area contributed by atoms with Gasteiger partial charge in [0.15, 0.2) is 0 Å². The van der Waals surface area contributed by atoms with E-state index in [0.29, 0.717) is 12.2 Å². The number of hydrogen-bond acceptors (Lipinski definition) is 4. The number of hydrogen-bond donors (Lipinski definition) is 0. The summed E-state index contributed by atoms with van der Waals surface area (Å²) in [4.78, 5) is 18.8. The van der Waals surface area contributed by atoms with Gasteiger partial charge in [0, 0.05) is 0 Å². The van der Waals surface area contributed by atoms with Crippen molar-refractivity contribution in [1.29, 1.82) is 0 Å². The molecule has 0 aliphatic carbocycles. The van der Waals surface area contributed by atoms with E-state index in [0.717, 1.165) is 0 Å². The summed E-state index contributed by atoms with van der Waals surface area (Å²) < 4.78 is 0. The molecule has 0 saturated heterocycles. The average molecular weight is 287 g/mol. The van der Waals surface area contributed by atoms with Crippen LogP contribution < -0.4 is 10.2 Å². The van der Waals surface area contributed by atoms with E-state index in [1.165, 1.54) is 0 Å². The van der Waals surface area contributed by atoms with E-state index in [4.69, 9.17) is 0 Å². The summed E-state index contributed by atoms with van der Waals surface area (Å²) in [7, 11) is 0. The molecule has 0 rings (SSSR count). The maximum absolute atomic E-state index is 9.41. The van der Waals surface area contributed by atoms with Gasteiger partial charge in [0.1, 0.15) is 0 Å². The van der Waals surface area contributed by atoms with E-state index >= 15 is 0 Å². The van der Waals surface area contributed by atoms with Gasteiger partial charge in [-0.3, -0.25) is 0 Å². The van der Waals surface area contributed by atoms with Gasteiger partial charge in [-0.2, -0.15) is 0 Å². The van der Waals surface area contributed by atoms with Crippen molar-refractivity contribution >= 4 is 60.8 Å². The molecular weight excluding hydrogens is 281 g/mol. The molecule has 0 aliphatic rings. The molecule has 0 fully saturated rings. The van der Waals surface area contributed by atoms with Gasteiger partial charge < -0.3 is 30.8 Å². The first-order valence-corrected chi connectivity index (χ1v) is 1.73. The Labute approximate surface area is 103 Å². The number of aliphatic carboxylic acids is 2. The second-order valence-corrected chi connectivity index (χ2v) is 0.971. The number of carbonyl (C=O) groups excluding carboxylic acids is 2. The minimum atomic E-state index is -1.55. The van der Waals surface area contributed by atoms with Crippen molar-refractivity contribution in [3.05, 3.63) is 12.2 Å². The van der Waals surface area contributed by atoms with E-state index in [1.807, 2.05) is 0 Å². The molecule has 0 aromatic heterocycles. The van der Waals surface area contributed by atoms with Gasteiger partial charge in [0.2, 0.25) is 0 Å². The molecule has 0 bridgehead atoms. The normalized spacial score (nSPS) is 6.91. The van der Waals surface area contributed by atoms with Gasteiger partial charge in [0.25, 0.3) is 0 Å². The number of carboxylic acids is 2. The Kier molecular flexibility index (Phi) is 26.2. The van der Waals surface area contributed by atoms with Crippen LogP contribution in [-0.4, -0.2) is 71.8 Å². The predicted molar refractivity (Wildman–Crippen MR) is 32.1 cm³/mol. The summed E-state index contributed by atoms with van der Waals surface area (Å²) in [5.41, 5.74) is 0. The number of carbonyl (C=O) groups is 2. The van der Waals surface area contributed by atoms with Crippen molar-refractivity contribution in [2.75, 3.05) is 0 Å². The zero-order valence-corrected chi connectivity index (χ0v) is 9.94. The molecule has 60 valence electrons. The second-order valence-electron chi connectivity index (χ2n) is 0.971. The molecule has 4 N–H and O–H groups in total. The SMILES string of the molecule is O.O.O=C([O-])/C=C\C(=O)[O-].[Ba+2]. The fourth-order valence-electron chi connectivity index (χ4n) is 0.136. The van der Waals surface area contributed by atoms with Crippen molar-refractivity contribution in [1.82, 2.24) is 0 Å². The third-order valence-corrected chi connectivity index (χ3v) is 0.355. The van der Waals surface area contributed by atoms with Crippen LogP contribution in [0.2, 0.25) is 0 Å². The van der Waals surface area contributed by atoms with Crippen LogP contribution in [0, 0.1) is 0 Å². The van der Waals surface area contributed by atoms with Crippen LogP contribution in [0.4, 0.5) is 0 Å². The fraction of sp³-hybridized carbons (Fsp3) is 0. The molecular formula is C4H6BaO6. The zero-order valence-electron chi connectivity index (χ0n) is 5.49. The van der Waals surface area contributed by atoms with E-state index in [2.05, 4.69) is 0 Å². The van der Waals surface area contributed by atoms with Gasteiger partial charge in [-0.05, 0) is 12.2 Å². The summed E-state index contributed by atoms with van der Waals surface area (Å²) >= 11 is 0. The first-order chi connectivity index (χ1) is 3.63. The molecule has 0 aromatic carbocycles. The Morgan fingerprint density at radius 2 is 1.09 bits per heavy atom. The Hall–Kier alpha value is 0.171. The standard InChI is InChI=1S/C4H4O4.Ba.2H2O/c5-3(6)1-2-4(7)8;;;/h1-2H,(H,5,6)(H,7,8);;2*1H2/q;+2;;/p-2/b2-1-;;;. The van der Waals surface area contributed by atoms with Crippen molar-refractivity contribution in [2.45, 2.75) is 0 Å². The molecule has 0 spiro atoms. The van der Waals surface area contributed by atoms with Gasteiger partial charge in [-0.15, -0.1) is 0 Å². The molecule has 7 heteroatoms. The van der Waals surface area contributed by atoms with Gasteiger partial charge in [0.05, 0.1) is 11.9 Å². The fourth-order valence-corrected chi connectivity index (χ4v) is 0.136. The van der Waals surface area contributed by atoms with Gasteiger partial charge >= 0.3 is 48.9 Å². The van der Waals surface area contributed by atoms with Crippen LogP contribution >= 0.6 is 0 Å². The first kappa shape index (κ1) is 22.5. The van der Waals surface area contributed by atoms with E-state index in [-0.39, 0.29) is 59.8 Å². The molecule has 11 heavy (non-hydrogen) atoms. The van der Waals surface area contributed by atoms with Gasteiger partial charge in [-0.1, -0.05) is 0 Å². The maximum atomic E-state index is 9.41. The van der Waals surface area contributed by atoms with Crippen molar-refractivity contribution in [2.24, 2.45) is 0 Å². The van der Waals surface area contributed by atoms with Gasteiger partial charge in [-0.25, -0.2) is 0 Å². The largest absolute Gasteiger partial charge is 2.00 e. The summed E-state index contributed by atoms with van der Waals surface area (Å²) in [5, 5.41) is 18.8. The Balaban J connectivity index is -0.0000000817. The Bertz CT molecular complexity index is 126. The molecule has 6 nitrogen and oxygen atoms in total. The molecule has 0 atom stereocenters. The Morgan fingerprint density at radius 3 is 1.18 bits per heavy atom. The van der Waals surface area contributed by atoms with Crippen LogP contribution in [0.15, 0.2) is 12.2 Å². The van der Waals surface area contributed by atoms with Crippen LogP contribution in [-0.2, 0) is 9.59 Å². The van der Waals surface area contributed by atoms with E-state index in [1.54, 1.807) is 0 Å². The minimum Gasteiger partial charge on any atom is -0.545 e.